The van der Waals surface area contributed by atoms with Crippen molar-refractivity contribution in [2.75, 3.05) is 32.5 Å². The number of anilines is 1. The van der Waals surface area contributed by atoms with Crippen LogP contribution in [0.5, 0.6) is 0 Å². The van der Waals surface area contributed by atoms with E-state index in [1.54, 1.807) is 4.52 Å². The van der Waals surface area contributed by atoms with E-state index in [1.165, 1.54) is 6.20 Å². The minimum Gasteiger partial charge on any atom is -0.478 e. The van der Waals surface area contributed by atoms with Gasteiger partial charge in [0.25, 0.3) is 0 Å². The summed E-state index contributed by atoms with van der Waals surface area (Å²) in [7, 11) is 4.04. The zero-order chi connectivity index (χ0) is 16.4. The molecule has 120 valence electrons. The first kappa shape index (κ1) is 15.2. The molecule has 0 amide bonds. The van der Waals surface area contributed by atoms with Crippen LogP contribution < -0.4 is 5.32 Å². The van der Waals surface area contributed by atoms with Crippen molar-refractivity contribution in [3.8, 4) is 0 Å². The molecule has 0 aliphatic rings. The Hall–Kier alpha value is -2.67. The van der Waals surface area contributed by atoms with E-state index in [4.69, 9.17) is 0 Å². The van der Waals surface area contributed by atoms with E-state index in [0.717, 1.165) is 24.0 Å². The Balaban J connectivity index is 2.05. The number of hydrogen-bond donors (Lipinski definition) is 2. The number of nitrogens with zero attached hydrogens (tertiary/aromatic N) is 4. The van der Waals surface area contributed by atoms with Crippen LogP contribution in [0.4, 0.5) is 5.82 Å². The second-order valence-electron chi connectivity index (χ2n) is 5.66. The lowest BCUT2D eigenvalue weighted by Gasteiger charge is -2.12. The van der Waals surface area contributed by atoms with Crippen molar-refractivity contribution in [1.82, 2.24) is 19.5 Å². The lowest BCUT2D eigenvalue weighted by atomic mass is 10.2. The SMILES string of the molecule is CN(C)CCCNc1nc2ccccc2n2ncc(C(=O)O)c12. The predicted molar refractivity (Wildman–Crippen MR) is 89.1 cm³/mol. The van der Waals surface area contributed by atoms with Gasteiger partial charge in [0.1, 0.15) is 11.1 Å². The van der Waals surface area contributed by atoms with Crippen LogP contribution in [0.2, 0.25) is 0 Å². The molecule has 7 heteroatoms. The average molecular weight is 313 g/mol. The van der Waals surface area contributed by atoms with E-state index in [2.05, 4.69) is 20.3 Å². The maximum atomic E-state index is 11.5. The number of carboxylic acid groups (broad SMARTS) is 1. The first-order valence-electron chi connectivity index (χ1n) is 7.46. The number of hydrogen-bond acceptors (Lipinski definition) is 5. The molecule has 2 N–H and O–H groups in total. The van der Waals surface area contributed by atoms with E-state index < -0.39 is 5.97 Å². The van der Waals surface area contributed by atoms with Gasteiger partial charge in [0.15, 0.2) is 5.82 Å². The Labute approximate surface area is 133 Å². The van der Waals surface area contributed by atoms with Gasteiger partial charge in [0, 0.05) is 6.54 Å². The highest BCUT2D eigenvalue weighted by atomic mass is 16.4. The largest absolute Gasteiger partial charge is 0.478 e. The first-order valence-corrected chi connectivity index (χ1v) is 7.46. The van der Waals surface area contributed by atoms with E-state index in [-0.39, 0.29) is 5.56 Å². The van der Waals surface area contributed by atoms with Crippen LogP contribution in [0.3, 0.4) is 0 Å². The Morgan fingerprint density at radius 2 is 2.13 bits per heavy atom. The van der Waals surface area contributed by atoms with Crippen LogP contribution in [0.25, 0.3) is 16.6 Å². The quantitative estimate of drug-likeness (QED) is 0.677. The summed E-state index contributed by atoms with van der Waals surface area (Å²) >= 11 is 0. The molecule has 0 aliphatic carbocycles. The number of aromatic nitrogens is 3. The van der Waals surface area contributed by atoms with Crippen molar-refractivity contribution in [3.63, 3.8) is 0 Å². The third kappa shape index (κ3) is 2.95. The van der Waals surface area contributed by atoms with Crippen molar-refractivity contribution in [2.24, 2.45) is 0 Å². The Morgan fingerprint density at radius 3 is 2.87 bits per heavy atom. The smallest absolute Gasteiger partial charge is 0.339 e. The maximum absolute atomic E-state index is 11.5. The third-order valence-corrected chi connectivity index (χ3v) is 3.64. The molecular formula is C16H19N5O2. The standard InChI is InChI=1S/C16H19N5O2/c1-20(2)9-5-8-17-15-14-11(16(22)23)10-18-21(14)13-7-4-3-6-12(13)19-15/h3-4,6-7,10H,5,8-9H2,1-2H3,(H,17,19)(H,22,23). The molecule has 7 nitrogen and oxygen atoms in total. The summed E-state index contributed by atoms with van der Waals surface area (Å²) in [5.41, 5.74) is 2.21. The second kappa shape index (κ2) is 6.21. The Bertz CT molecular complexity index is 856. The molecule has 3 rings (SSSR count). The van der Waals surface area contributed by atoms with Gasteiger partial charge in [-0.3, -0.25) is 0 Å². The molecule has 23 heavy (non-hydrogen) atoms. The molecule has 0 bridgehead atoms. The number of fused-ring (bicyclic) bond motifs is 3. The van der Waals surface area contributed by atoms with E-state index >= 15 is 0 Å². The molecule has 0 unspecified atom stereocenters. The van der Waals surface area contributed by atoms with Crippen LogP contribution in [-0.4, -0.2) is 57.8 Å². The number of carbonyl (C=O) groups is 1. The highest BCUT2D eigenvalue weighted by Crippen LogP contribution is 2.24. The van der Waals surface area contributed by atoms with Crippen LogP contribution in [0, 0.1) is 0 Å². The molecule has 0 saturated heterocycles. The zero-order valence-electron chi connectivity index (χ0n) is 13.2. The van der Waals surface area contributed by atoms with E-state index in [0.29, 0.717) is 17.9 Å². The van der Waals surface area contributed by atoms with Gasteiger partial charge in [-0.15, -0.1) is 0 Å². The van der Waals surface area contributed by atoms with E-state index in [1.807, 2.05) is 38.4 Å². The molecule has 3 aromatic rings. The lowest BCUT2D eigenvalue weighted by Crippen LogP contribution is -2.17. The third-order valence-electron chi connectivity index (χ3n) is 3.64. The zero-order valence-corrected chi connectivity index (χ0v) is 13.2. The van der Waals surface area contributed by atoms with Gasteiger partial charge in [-0.05, 0) is 39.2 Å². The summed E-state index contributed by atoms with van der Waals surface area (Å²) in [5.74, 6) is -0.453. The van der Waals surface area contributed by atoms with Gasteiger partial charge in [-0.1, -0.05) is 12.1 Å². The summed E-state index contributed by atoms with van der Waals surface area (Å²) in [5, 5.41) is 16.9. The number of benzene rings is 1. The topological polar surface area (TPSA) is 82.8 Å². The molecule has 2 aromatic heterocycles. The van der Waals surface area contributed by atoms with Gasteiger partial charge in [-0.25, -0.2) is 14.3 Å². The van der Waals surface area contributed by atoms with Crippen LogP contribution in [0.1, 0.15) is 16.8 Å². The van der Waals surface area contributed by atoms with Gasteiger partial charge < -0.3 is 15.3 Å². The van der Waals surface area contributed by atoms with Gasteiger partial charge in [0.05, 0.1) is 17.2 Å². The van der Waals surface area contributed by atoms with Gasteiger partial charge in [0.2, 0.25) is 0 Å². The van der Waals surface area contributed by atoms with Gasteiger partial charge >= 0.3 is 5.97 Å². The lowest BCUT2D eigenvalue weighted by molar-refractivity contribution is 0.0699. The van der Waals surface area contributed by atoms with Crippen molar-refractivity contribution in [1.29, 1.82) is 0 Å². The normalized spacial score (nSPS) is 11.4. The minimum atomic E-state index is -1.01. The Morgan fingerprint density at radius 1 is 1.35 bits per heavy atom. The second-order valence-corrected chi connectivity index (χ2v) is 5.66. The van der Waals surface area contributed by atoms with Crippen molar-refractivity contribution in [2.45, 2.75) is 6.42 Å². The molecule has 2 heterocycles. The predicted octanol–water partition coefficient (Wildman–Crippen LogP) is 1.94. The number of para-hydroxylation sites is 2. The molecule has 0 aliphatic heterocycles. The molecule has 0 atom stereocenters. The molecule has 0 saturated carbocycles. The molecule has 0 radical (unpaired) electrons. The summed E-state index contributed by atoms with van der Waals surface area (Å²) in [6.45, 7) is 1.66. The van der Waals surface area contributed by atoms with Gasteiger partial charge in [-0.2, -0.15) is 5.10 Å². The molecule has 0 spiro atoms. The fourth-order valence-corrected chi connectivity index (χ4v) is 2.55. The van der Waals surface area contributed by atoms with Crippen molar-refractivity contribution in [3.05, 3.63) is 36.0 Å². The van der Waals surface area contributed by atoms with E-state index in [9.17, 15) is 9.90 Å². The number of rotatable bonds is 6. The molecule has 0 fully saturated rings. The van der Waals surface area contributed by atoms with Crippen molar-refractivity contribution < 1.29 is 9.90 Å². The Kier molecular flexibility index (Phi) is 4.12. The highest BCUT2D eigenvalue weighted by molar-refractivity contribution is 6.00. The fraction of sp³-hybridized carbons (Fsp3) is 0.312. The van der Waals surface area contributed by atoms with Crippen LogP contribution in [0.15, 0.2) is 30.5 Å². The van der Waals surface area contributed by atoms with Crippen molar-refractivity contribution >= 4 is 28.3 Å². The first-order chi connectivity index (χ1) is 11.1. The summed E-state index contributed by atoms with van der Waals surface area (Å²) in [6.07, 6.45) is 2.31. The number of carboxylic acids is 1. The summed E-state index contributed by atoms with van der Waals surface area (Å²) in [4.78, 5) is 18.2. The number of aromatic carboxylic acids is 1. The number of nitrogens with one attached hydrogen (secondary N) is 1. The summed E-state index contributed by atoms with van der Waals surface area (Å²) < 4.78 is 1.64. The maximum Gasteiger partial charge on any atom is 0.339 e. The molecule has 1 aromatic carbocycles. The average Bonchev–Trinajstić information content (AvgIpc) is 2.97. The summed E-state index contributed by atoms with van der Waals surface area (Å²) in [6, 6.07) is 7.56. The highest BCUT2D eigenvalue weighted by Gasteiger charge is 2.18. The molecular weight excluding hydrogens is 294 g/mol. The minimum absolute atomic E-state index is 0.151. The van der Waals surface area contributed by atoms with Crippen LogP contribution >= 0.6 is 0 Å². The fourth-order valence-electron chi connectivity index (χ4n) is 2.55. The van der Waals surface area contributed by atoms with Crippen LogP contribution in [-0.2, 0) is 0 Å². The monoisotopic (exact) mass is 313 g/mol.